The van der Waals surface area contributed by atoms with Gasteiger partial charge in [0.25, 0.3) is 0 Å². The van der Waals surface area contributed by atoms with Crippen LogP contribution >= 0.6 is 17.0 Å². The first-order valence-electron chi connectivity index (χ1n) is 16.7. The second kappa shape index (κ2) is 11.9. The predicted octanol–water partition coefficient (Wildman–Crippen LogP) is 13.0. The summed E-state index contributed by atoms with van der Waals surface area (Å²) in [5.74, 6) is -1.05. The van der Waals surface area contributed by atoms with Crippen LogP contribution in [0.1, 0.15) is 94.5 Å². The van der Waals surface area contributed by atoms with Crippen LogP contribution in [-0.2, 0) is 21.0 Å². The summed E-state index contributed by atoms with van der Waals surface area (Å²) in [4.78, 5) is 0. The molecule has 0 heterocycles. The van der Waals surface area contributed by atoms with Crippen LogP contribution in [0.5, 0.6) is 0 Å². The molecule has 233 valence electrons. The molecule has 0 spiro atoms. The Hall–Kier alpha value is -1.96. The zero-order valence-corrected chi connectivity index (χ0v) is 33.2. The number of hydrogen-bond donors (Lipinski definition) is 0. The van der Waals surface area contributed by atoms with Gasteiger partial charge in [-0.05, 0) is 0 Å². The molecule has 45 heavy (non-hydrogen) atoms. The van der Waals surface area contributed by atoms with E-state index >= 15 is 0 Å². The molecule has 2 atom stereocenters. The summed E-state index contributed by atoms with van der Waals surface area (Å²) >= 11 is -4.68. The Labute approximate surface area is 280 Å². The Morgan fingerprint density at radius 2 is 1.31 bits per heavy atom. The van der Waals surface area contributed by atoms with E-state index in [9.17, 15) is 0 Å². The van der Waals surface area contributed by atoms with Crippen molar-refractivity contribution in [2.24, 2.45) is 0 Å². The van der Waals surface area contributed by atoms with E-state index in [-0.39, 0.29) is 12.7 Å². The topological polar surface area (TPSA) is 0 Å². The number of allylic oxidation sites excluding steroid dienone is 2. The van der Waals surface area contributed by atoms with Crippen LogP contribution in [0.25, 0.3) is 34.4 Å². The maximum atomic E-state index is 8.44. The van der Waals surface area contributed by atoms with E-state index in [4.69, 9.17) is 17.0 Å². The van der Waals surface area contributed by atoms with Gasteiger partial charge in [0.2, 0.25) is 0 Å². The first kappa shape index (κ1) is 33.0. The zero-order valence-electron chi connectivity index (χ0n) is 28.1. The van der Waals surface area contributed by atoms with Crippen molar-refractivity contribution in [3.05, 3.63) is 130 Å². The quantitative estimate of drug-likeness (QED) is 0.166. The second-order valence-electron chi connectivity index (χ2n) is 14.9. The normalized spacial score (nSPS) is 18.6. The van der Waals surface area contributed by atoms with Crippen molar-refractivity contribution in [1.82, 2.24) is 0 Å². The van der Waals surface area contributed by atoms with Crippen LogP contribution in [0, 0.1) is 0 Å². The van der Waals surface area contributed by atoms with Gasteiger partial charge >= 0.3 is 283 Å². The average Bonchev–Trinajstić information content (AvgIpc) is 3.64. The van der Waals surface area contributed by atoms with Gasteiger partial charge in [0.1, 0.15) is 0 Å². The molecule has 6 rings (SSSR count). The standard InChI is InChI=1S/C20H21.C19H19.C2H7Si.2ClH.Zr/c1-4-15-12-18-6-5-7-19(20(18)13-15)17-10-8-16(9-11-17)14(2)3;1-19(2,3)16-12-10-15(11-13-16)18-9-5-7-14-6-4-8-17(14)18;1-3-2;;;/h5-14H,4H2,1-3H3;4-13H,1-3H3;3H,1-2H3;2*1H;/q;;;;;+2/p-2. The number of fused-ring (bicyclic) bond motifs is 2. The fourth-order valence-electron chi connectivity index (χ4n) is 7.81. The van der Waals surface area contributed by atoms with Gasteiger partial charge in [-0.2, -0.15) is 0 Å². The van der Waals surface area contributed by atoms with Crippen molar-refractivity contribution in [2.45, 2.75) is 79.6 Å². The third-order valence-corrected chi connectivity index (χ3v) is 62.7. The van der Waals surface area contributed by atoms with Gasteiger partial charge in [0.05, 0.1) is 0 Å². The van der Waals surface area contributed by atoms with Gasteiger partial charge in [-0.3, -0.25) is 0 Å². The Balaban J connectivity index is 1.47. The molecule has 2 aliphatic carbocycles. The van der Waals surface area contributed by atoms with E-state index in [0.717, 1.165) is 6.42 Å². The van der Waals surface area contributed by atoms with Crippen LogP contribution in [-0.4, -0.2) is 5.92 Å². The maximum absolute atomic E-state index is 8.44. The summed E-state index contributed by atoms with van der Waals surface area (Å²) in [6.07, 6.45) is 8.14. The molecule has 0 bridgehead atoms. The van der Waals surface area contributed by atoms with Crippen molar-refractivity contribution >= 4 is 35.1 Å². The molecule has 4 heteroatoms. The minimum absolute atomic E-state index is 0.0881. The molecule has 0 N–H and O–H groups in total. The molecule has 4 aromatic rings. The Morgan fingerprint density at radius 1 is 0.756 bits per heavy atom. The van der Waals surface area contributed by atoms with E-state index in [1.165, 1.54) is 61.2 Å². The summed E-state index contributed by atoms with van der Waals surface area (Å²) in [7, 11) is 16.9. The van der Waals surface area contributed by atoms with Crippen LogP contribution < -0.4 is 0 Å². The fraction of sp³-hybridized carbons (Fsp3) is 0.317. The third kappa shape index (κ3) is 5.47. The Kier molecular flexibility index (Phi) is 8.74. The third-order valence-electron chi connectivity index (χ3n) is 10.7. The second-order valence-corrected chi connectivity index (χ2v) is 57.6. The van der Waals surface area contributed by atoms with E-state index in [0.29, 0.717) is 5.92 Å². The SMILES string of the molecule is CCC1=Cc2c(-c3ccc(C(C)C)cc3)cccc2[CH]1[Zr]([Cl])([Cl])([CH]1C=Cc2c(-c3ccc(C(C)(C)C)cc3)cccc21)[SiH](C)C. The van der Waals surface area contributed by atoms with Crippen molar-refractivity contribution in [3.63, 3.8) is 0 Å². The van der Waals surface area contributed by atoms with Crippen molar-refractivity contribution in [3.8, 4) is 22.3 Å². The molecule has 0 saturated heterocycles. The number of rotatable bonds is 7. The summed E-state index contributed by atoms with van der Waals surface area (Å²) in [5.41, 5.74) is 14.6. The van der Waals surface area contributed by atoms with Crippen molar-refractivity contribution in [1.29, 1.82) is 0 Å². The molecule has 0 amide bonds. The summed E-state index contributed by atoms with van der Waals surface area (Å²) < 4.78 is 0.205. The molecule has 0 radical (unpaired) electrons. The van der Waals surface area contributed by atoms with Crippen LogP contribution in [0.4, 0.5) is 0 Å². The molecule has 2 aliphatic rings. The van der Waals surface area contributed by atoms with E-state index in [1.807, 2.05) is 0 Å². The first-order chi connectivity index (χ1) is 21.2. The minimum atomic E-state index is -4.68. The Bertz CT molecular complexity index is 1800. The predicted molar refractivity (Wildman–Crippen MR) is 200 cm³/mol. The number of halogens is 2. The van der Waals surface area contributed by atoms with Gasteiger partial charge in [-0.25, -0.2) is 0 Å². The van der Waals surface area contributed by atoms with Crippen molar-refractivity contribution in [2.75, 3.05) is 0 Å². The monoisotopic (exact) mass is 727 g/mol. The molecular weight excluding hydrogens is 683 g/mol. The average molecular weight is 730 g/mol. The van der Waals surface area contributed by atoms with E-state index < -0.39 is 21.5 Å². The Morgan fingerprint density at radius 3 is 1.84 bits per heavy atom. The van der Waals surface area contributed by atoms with Gasteiger partial charge in [-0.1, -0.05) is 0 Å². The summed E-state index contributed by atoms with van der Waals surface area (Å²) in [5, 5.41) is 0. The van der Waals surface area contributed by atoms with Gasteiger partial charge in [0.15, 0.2) is 0 Å². The summed E-state index contributed by atoms with van der Waals surface area (Å²) in [6, 6.07) is 31.9. The molecule has 0 nitrogen and oxygen atoms in total. The molecule has 0 aliphatic heterocycles. The van der Waals surface area contributed by atoms with Gasteiger partial charge < -0.3 is 0 Å². The number of hydrogen-bond acceptors (Lipinski definition) is 0. The van der Waals surface area contributed by atoms with Gasteiger partial charge in [-0.15, -0.1) is 0 Å². The molecule has 0 aromatic heterocycles. The molecule has 0 fully saturated rings. The van der Waals surface area contributed by atoms with E-state index in [1.54, 1.807) is 0 Å². The van der Waals surface area contributed by atoms with Crippen molar-refractivity contribution < 1.29 is 15.6 Å². The van der Waals surface area contributed by atoms with Crippen LogP contribution in [0.3, 0.4) is 0 Å². The zero-order chi connectivity index (χ0) is 32.3. The molecule has 2 unspecified atom stereocenters. The molecule has 4 aromatic carbocycles. The summed E-state index contributed by atoms with van der Waals surface area (Å²) in [6.45, 7) is 18.4. The van der Waals surface area contributed by atoms with Crippen LogP contribution in [0.2, 0.25) is 13.1 Å². The number of benzene rings is 4. The molecule has 0 saturated carbocycles. The van der Waals surface area contributed by atoms with E-state index in [2.05, 4.69) is 158 Å². The molecular formula is C41H47Cl2SiZr. The fourth-order valence-corrected chi connectivity index (χ4v) is 37.4. The van der Waals surface area contributed by atoms with Gasteiger partial charge in [0, 0.05) is 0 Å². The first-order valence-corrected chi connectivity index (χ1v) is 33.0. The van der Waals surface area contributed by atoms with Crippen LogP contribution in [0.15, 0.2) is 96.6 Å².